The Hall–Kier alpha value is -3.50. The second-order valence-corrected chi connectivity index (χ2v) is 9.24. The summed E-state index contributed by atoms with van der Waals surface area (Å²) in [6, 6.07) is 14.6. The molecule has 192 valence electrons. The van der Waals surface area contributed by atoms with Crippen molar-refractivity contribution >= 4 is 23.3 Å². The van der Waals surface area contributed by atoms with E-state index < -0.39 is 12.1 Å². The Morgan fingerprint density at radius 3 is 2.53 bits per heavy atom. The molecule has 3 amide bonds. The number of para-hydroxylation sites is 1. The summed E-state index contributed by atoms with van der Waals surface area (Å²) in [5, 5.41) is 15.5. The van der Waals surface area contributed by atoms with E-state index in [2.05, 4.69) is 27.7 Å². The van der Waals surface area contributed by atoms with Crippen LogP contribution in [0.25, 0.3) is 0 Å². The Kier molecular flexibility index (Phi) is 7.43. The maximum Gasteiger partial charge on any atom is 0.319 e. The molecule has 0 aromatic heterocycles. The van der Waals surface area contributed by atoms with E-state index in [1.165, 1.54) is 5.69 Å². The summed E-state index contributed by atoms with van der Waals surface area (Å²) < 4.78 is 16.6. The number of rotatable bonds is 6. The van der Waals surface area contributed by atoms with Crippen LogP contribution in [0.2, 0.25) is 0 Å². The fourth-order valence-corrected chi connectivity index (χ4v) is 4.93. The molecule has 2 aromatic rings. The van der Waals surface area contributed by atoms with Crippen LogP contribution in [-0.4, -0.2) is 79.8 Å². The molecular weight excluding hydrogens is 464 g/mol. The minimum Gasteiger partial charge on any atom is -0.454 e. The van der Waals surface area contributed by atoms with Gasteiger partial charge in [0.05, 0.1) is 25.2 Å². The average molecular weight is 497 g/mol. The molecule has 36 heavy (non-hydrogen) atoms. The van der Waals surface area contributed by atoms with Gasteiger partial charge in [-0.25, -0.2) is 4.79 Å². The molecule has 0 unspecified atom stereocenters. The third-order valence-electron chi connectivity index (χ3n) is 6.90. The minimum atomic E-state index is -0.575. The largest absolute Gasteiger partial charge is 0.454 e. The SMILES string of the molecule is O=C(Nc1ccc2c(c1)OCO2)N[C@H]1CC[C@@H](CC(=O)N2CCN(c3ccccc3)CC2)O[C@H]1CO. The van der Waals surface area contributed by atoms with E-state index in [1.54, 1.807) is 18.2 Å². The number of nitrogens with one attached hydrogen (secondary N) is 2. The molecule has 0 spiro atoms. The van der Waals surface area contributed by atoms with Crippen LogP contribution in [0.5, 0.6) is 11.5 Å². The molecule has 2 saturated heterocycles. The van der Waals surface area contributed by atoms with E-state index in [9.17, 15) is 14.7 Å². The lowest BCUT2D eigenvalue weighted by Gasteiger charge is -2.38. The summed E-state index contributed by atoms with van der Waals surface area (Å²) in [5.41, 5.74) is 1.75. The number of ether oxygens (including phenoxy) is 3. The number of amides is 3. The molecule has 3 heterocycles. The fourth-order valence-electron chi connectivity index (χ4n) is 4.93. The predicted octanol–water partition coefficient (Wildman–Crippen LogP) is 2.18. The summed E-state index contributed by atoms with van der Waals surface area (Å²) in [5.74, 6) is 1.29. The van der Waals surface area contributed by atoms with E-state index in [0.29, 0.717) is 43.1 Å². The summed E-state index contributed by atoms with van der Waals surface area (Å²) in [7, 11) is 0. The third kappa shape index (κ3) is 5.66. The molecule has 0 saturated carbocycles. The van der Waals surface area contributed by atoms with Crippen LogP contribution >= 0.6 is 0 Å². The van der Waals surface area contributed by atoms with E-state index >= 15 is 0 Å². The first-order valence-electron chi connectivity index (χ1n) is 12.4. The van der Waals surface area contributed by atoms with Gasteiger partial charge in [0.2, 0.25) is 12.7 Å². The second-order valence-electron chi connectivity index (χ2n) is 9.24. The molecule has 2 aromatic carbocycles. The maximum atomic E-state index is 12.9. The third-order valence-corrected chi connectivity index (χ3v) is 6.90. The molecule has 0 aliphatic carbocycles. The van der Waals surface area contributed by atoms with Gasteiger partial charge in [-0.15, -0.1) is 0 Å². The highest BCUT2D eigenvalue weighted by Crippen LogP contribution is 2.34. The van der Waals surface area contributed by atoms with Crippen LogP contribution in [0.15, 0.2) is 48.5 Å². The van der Waals surface area contributed by atoms with Crippen molar-refractivity contribution < 1.29 is 28.9 Å². The van der Waals surface area contributed by atoms with Gasteiger partial charge in [-0.2, -0.15) is 0 Å². The smallest absolute Gasteiger partial charge is 0.319 e. The first kappa shape index (κ1) is 24.2. The van der Waals surface area contributed by atoms with Gasteiger partial charge in [-0.05, 0) is 37.1 Å². The van der Waals surface area contributed by atoms with Gasteiger partial charge in [-0.1, -0.05) is 18.2 Å². The van der Waals surface area contributed by atoms with Crippen LogP contribution in [0.1, 0.15) is 19.3 Å². The van der Waals surface area contributed by atoms with Crippen molar-refractivity contribution in [2.75, 3.05) is 49.8 Å². The highest BCUT2D eigenvalue weighted by molar-refractivity contribution is 5.90. The van der Waals surface area contributed by atoms with E-state index in [4.69, 9.17) is 14.2 Å². The molecule has 2 fully saturated rings. The summed E-state index contributed by atoms with van der Waals surface area (Å²) in [4.78, 5) is 29.6. The zero-order valence-electron chi connectivity index (χ0n) is 20.1. The number of nitrogens with zero attached hydrogens (tertiary/aromatic N) is 2. The van der Waals surface area contributed by atoms with Gasteiger partial charge in [0.25, 0.3) is 0 Å². The molecule has 3 aliphatic heterocycles. The maximum absolute atomic E-state index is 12.9. The number of benzene rings is 2. The molecule has 3 aliphatic rings. The van der Waals surface area contributed by atoms with E-state index in [1.807, 2.05) is 23.1 Å². The van der Waals surface area contributed by atoms with Crippen LogP contribution in [0.3, 0.4) is 0 Å². The van der Waals surface area contributed by atoms with Gasteiger partial charge in [0.15, 0.2) is 11.5 Å². The van der Waals surface area contributed by atoms with E-state index in [-0.39, 0.29) is 37.9 Å². The number of urea groups is 1. The number of carbonyl (C=O) groups is 2. The van der Waals surface area contributed by atoms with Gasteiger partial charge >= 0.3 is 6.03 Å². The lowest BCUT2D eigenvalue weighted by Crippen LogP contribution is -2.53. The number of piperazine rings is 1. The van der Waals surface area contributed by atoms with Crippen LogP contribution < -0.4 is 25.0 Å². The van der Waals surface area contributed by atoms with Crippen molar-refractivity contribution in [2.24, 2.45) is 0 Å². The lowest BCUT2D eigenvalue weighted by molar-refractivity contribution is -0.140. The topological polar surface area (TPSA) is 113 Å². The molecule has 3 N–H and O–H groups in total. The first-order chi connectivity index (χ1) is 17.6. The van der Waals surface area contributed by atoms with Gasteiger partial charge in [0.1, 0.15) is 6.10 Å². The Labute approximate surface area is 210 Å². The zero-order valence-corrected chi connectivity index (χ0v) is 20.1. The van der Waals surface area contributed by atoms with Gasteiger partial charge in [0, 0.05) is 43.6 Å². The number of aliphatic hydroxyl groups is 1. The number of hydrogen-bond acceptors (Lipinski definition) is 7. The molecule has 10 nitrogen and oxygen atoms in total. The van der Waals surface area contributed by atoms with Crippen molar-refractivity contribution in [3.63, 3.8) is 0 Å². The fraction of sp³-hybridized carbons (Fsp3) is 0.462. The Morgan fingerprint density at radius 2 is 1.75 bits per heavy atom. The number of fused-ring (bicyclic) bond motifs is 1. The van der Waals surface area contributed by atoms with Crippen molar-refractivity contribution in [1.29, 1.82) is 0 Å². The minimum absolute atomic E-state index is 0.0661. The van der Waals surface area contributed by atoms with Crippen molar-refractivity contribution in [2.45, 2.75) is 37.5 Å². The highest BCUT2D eigenvalue weighted by Gasteiger charge is 2.34. The molecule has 5 rings (SSSR count). The van der Waals surface area contributed by atoms with E-state index in [0.717, 1.165) is 13.1 Å². The Morgan fingerprint density at radius 1 is 0.972 bits per heavy atom. The van der Waals surface area contributed by atoms with Gasteiger partial charge < -0.3 is 39.8 Å². The van der Waals surface area contributed by atoms with Crippen LogP contribution in [0.4, 0.5) is 16.2 Å². The Bertz CT molecular complexity index is 1060. The molecule has 10 heteroatoms. The molecule has 3 atom stereocenters. The lowest BCUT2D eigenvalue weighted by atomic mass is 9.97. The average Bonchev–Trinajstić information content (AvgIpc) is 3.38. The summed E-state index contributed by atoms with van der Waals surface area (Å²) in [6.07, 6.45) is 0.657. The number of aliphatic hydroxyl groups excluding tert-OH is 1. The van der Waals surface area contributed by atoms with Crippen LogP contribution in [-0.2, 0) is 9.53 Å². The number of anilines is 2. The molecular formula is C26H32N4O6. The zero-order chi connectivity index (χ0) is 24.9. The standard InChI is InChI=1S/C26H32N4O6/c31-16-24-21(28-26(33)27-18-6-9-22-23(14-18)35-17-34-22)8-7-20(36-24)15-25(32)30-12-10-29(11-13-30)19-4-2-1-3-5-19/h1-6,9,14,20-21,24,31H,7-8,10-13,15-17H2,(H2,27,28,33)/t20-,21-,24-/m0/s1. The second kappa shape index (κ2) is 11.0. The molecule has 0 radical (unpaired) electrons. The monoisotopic (exact) mass is 496 g/mol. The Balaban J connectivity index is 1.07. The van der Waals surface area contributed by atoms with Crippen molar-refractivity contribution in [1.82, 2.24) is 10.2 Å². The predicted molar refractivity (Wildman–Crippen MR) is 133 cm³/mol. The summed E-state index contributed by atoms with van der Waals surface area (Å²) in [6.45, 7) is 2.86. The first-order valence-corrected chi connectivity index (χ1v) is 12.4. The number of carbonyl (C=O) groups excluding carboxylic acids is 2. The normalized spacial score (nSPS) is 23.3. The molecule has 0 bridgehead atoms. The van der Waals surface area contributed by atoms with Crippen molar-refractivity contribution in [3.05, 3.63) is 48.5 Å². The van der Waals surface area contributed by atoms with Crippen LogP contribution in [0, 0.1) is 0 Å². The highest BCUT2D eigenvalue weighted by atomic mass is 16.7. The van der Waals surface area contributed by atoms with Crippen molar-refractivity contribution in [3.8, 4) is 11.5 Å². The number of hydrogen-bond donors (Lipinski definition) is 3. The van der Waals surface area contributed by atoms with Gasteiger partial charge in [-0.3, -0.25) is 4.79 Å². The quantitative estimate of drug-likeness (QED) is 0.562. The summed E-state index contributed by atoms with van der Waals surface area (Å²) >= 11 is 0.